The molecule has 1 aromatic rings. The number of benzene rings is 1. The molecule has 5 heteroatoms. The molecule has 0 bridgehead atoms. The zero-order chi connectivity index (χ0) is 13.4. The van der Waals surface area contributed by atoms with Crippen LogP contribution in [0.3, 0.4) is 0 Å². The predicted molar refractivity (Wildman–Crippen MR) is 68.8 cm³/mol. The fraction of sp³-hybridized carbons (Fsp3) is 0.462. The van der Waals surface area contributed by atoms with Gasteiger partial charge in [0.15, 0.2) is 0 Å². The first-order valence-corrected chi connectivity index (χ1v) is 5.96. The number of ether oxygens (including phenoxy) is 3. The van der Waals surface area contributed by atoms with E-state index in [0.717, 1.165) is 0 Å². The second kappa shape index (κ2) is 7.55. The second-order valence-corrected chi connectivity index (χ2v) is 3.52. The summed E-state index contributed by atoms with van der Waals surface area (Å²) in [5.74, 6) is 0.0264. The Bertz CT molecular complexity index is 393. The molecule has 0 aliphatic carbocycles. The SMILES string of the molecule is CCOCCOc1ccc(N)cc1C(=O)OCC. The molecule has 1 aromatic carbocycles. The van der Waals surface area contributed by atoms with E-state index in [0.29, 0.717) is 43.4 Å². The van der Waals surface area contributed by atoms with Crippen LogP contribution in [0.4, 0.5) is 5.69 Å². The highest BCUT2D eigenvalue weighted by Gasteiger charge is 2.14. The van der Waals surface area contributed by atoms with Crippen molar-refractivity contribution in [2.45, 2.75) is 13.8 Å². The zero-order valence-electron chi connectivity index (χ0n) is 10.8. The first-order chi connectivity index (χ1) is 8.69. The Balaban J connectivity index is 2.73. The molecule has 0 aliphatic heterocycles. The van der Waals surface area contributed by atoms with Crippen molar-refractivity contribution in [3.05, 3.63) is 23.8 Å². The maximum atomic E-state index is 11.7. The average molecular weight is 253 g/mol. The molecule has 0 fully saturated rings. The van der Waals surface area contributed by atoms with Gasteiger partial charge in [-0.05, 0) is 32.0 Å². The van der Waals surface area contributed by atoms with Crippen LogP contribution in [-0.2, 0) is 9.47 Å². The number of carbonyl (C=O) groups excluding carboxylic acids is 1. The minimum Gasteiger partial charge on any atom is -0.490 e. The van der Waals surface area contributed by atoms with E-state index in [1.165, 1.54) is 0 Å². The molecular formula is C13H19NO4. The predicted octanol–water partition coefficient (Wildman–Crippen LogP) is 1.86. The molecule has 2 N–H and O–H groups in total. The van der Waals surface area contributed by atoms with Crippen molar-refractivity contribution in [3.63, 3.8) is 0 Å². The third-order valence-corrected chi connectivity index (χ3v) is 2.19. The van der Waals surface area contributed by atoms with Crippen molar-refractivity contribution in [1.29, 1.82) is 0 Å². The number of hydrogen-bond acceptors (Lipinski definition) is 5. The Labute approximate surface area is 107 Å². The first-order valence-electron chi connectivity index (χ1n) is 5.96. The average Bonchev–Trinajstić information content (AvgIpc) is 2.36. The molecule has 0 spiro atoms. The van der Waals surface area contributed by atoms with Crippen LogP contribution in [0.1, 0.15) is 24.2 Å². The number of anilines is 1. The summed E-state index contributed by atoms with van der Waals surface area (Å²) in [6, 6.07) is 4.89. The van der Waals surface area contributed by atoms with E-state index < -0.39 is 5.97 Å². The van der Waals surface area contributed by atoms with Gasteiger partial charge in [0.1, 0.15) is 17.9 Å². The highest BCUT2D eigenvalue weighted by Crippen LogP contribution is 2.22. The lowest BCUT2D eigenvalue weighted by Crippen LogP contribution is -2.11. The highest BCUT2D eigenvalue weighted by molar-refractivity contribution is 5.93. The molecule has 0 aromatic heterocycles. The molecule has 0 atom stereocenters. The fourth-order valence-electron chi connectivity index (χ4n) is 1.40. The van der Waals surface area contributed by atoms with E-state index in [1.807, 2.05) is 6.92 Å². The van der Waals surface area contributed by atoms with Crippen LogP contribution in [0.5, 0.6) is 5.75 Å². The highest BCUT2D eigenvalue weighted by atomic mass is 16.5. The molecule has 100 valence electrons. The molecule has 18 heavy (non-hydrogen) atoms. The smallest absolute Gasteiger partial charge is 0.341 e. The molecule has 1 rings (SSSR count). The van der Waals surface area contributed by atoms with Crippen LogP contribution in [0, 0.1) is 0 Å². The van der Waals surface area contributed by atoms with Gasteiger partial charge in [-0.25, -0.2) is 4.79 Å². The third kappa shape index (κ3) is 4.25. The van der Waals surface area contributed by atoms with E-state index in [9.17, 15) is 4.79 Å². The van der Waals surface area contributed by atoms with Crippen LogP contribution in [0.25, 0.3) is 0 Å². The van der Waals surface area contributed by atoms with Gasteiger partial charge in [0, 0.05) is 12.3 Å². The lowest BCUT2D eigenvalue weighted by molar-refractivity contribution is 0.0518. The molecule has 0 unspecified atom stereocenters. The van der Waals surface area contributed by atoms with Gasteiger partial charge in [-0.15, -0.1) is 0 Å². The molecular weight excluding hydrogens is 234 g/mol. The van der Waals surface area contributed by atoms with Gasteiger partial charge in [-0.2, -0.15) is 0 Å². The van der Waals surface area contributed by atoms with Crippen LogP contribution in [0.2, 0.25) is 0 Å². The topological polar surface area (TPSA) is 70.8 Å². The number of carbonyl (C=O) groups is 1. The lowest BCUT2D eigenvalue weighted by atomic mass is 10.2. The summed E-state index contributed by atoms with van der Waals surface area (Å²) in [6.07, 6.45) is 0. The minimum atomic E-state index is -0.434. The van der Waals surface area contributed by atoms with Crippen molar-refractivity contribution in [2.75, 3.05) is 32.2 Å². The van der Waals surface area contributed by atoms with Crippen molar-refractivity contribution in [3.8, 4) is 5.75 Å². The van der Waals surface area contributed by atoms with Gasteiger partial charge in [0.25, 0.3) is 0 Å². The van der Waals surface area contributed by atoms with E-state index in [4.69, 9.17) is 19.9 Å². The lowest BCUT2D eigenvalue weighted by Gasteiger charge is -2.11. The number of nitrogen functional groups attached to an aromatic ring is 1. The standard InChI is InChI=1S/C13H19NO4/c1-3-16-7-8-18-12-6-5-10(14)9-11(12)13(15)17-4-2/h5-6,9H,3-4,7-8,14H2,1-2H3. The summed E-state index contributed by atoms with van der Waals surface area (Å²) in [7, 11) is 0. The molecule has 0 heterocycles. The third-order valence-electron chi connectivity index (χ3n) is 2.19. The van der Waals surface area contributed by atoms with E-state index in [1.54, 1.807) is 25.1 Å². The Kier molecular flexibility index (Phi) is 6.00. The van der Waals surface area contributed by atoms with Crippen molar-refractivity contribution in [1.82, 2.24) is 0 Å². The van der Waals surface area contributed by atoms with Crippen LogP contribution >= 0.6 is 0 Å². The molecule has 5 nitrogen and oxygen atoms in total. The Morgan fingerprint density at radius 1 is 1.22 bits per heavy atom. The number of nitrogens with two attached hydrogens (primary N) is 1. The van der Waals surface area contributed by atoms with Gasteiger partial charge >= 0.3 is 5.97 Å². The number of esters is 1. The molecule has 0 aliphatic rings. The summed E-state index contributed by atoms with van der Waals surface area (Å²) in [4.78, 5) is 11.7. The number of rotatable bonds is 7. The van der Waals surface area contributed by atoms with Crippen LogP contribution < -0.4 is 10.5 Å². The maximum absolute atomic E-state index is 11.7. The van der Waals surface area contributed by atoms with Gasteiger partial charge in [-0.1, -0.05) is 0 Å². The zero-order valence-corrected chi connectivity index (χ0v) is 10.8. The summed E-state index contributed by atoms with van der Waals surface area (Å²) in [5.41, 5.74) is 6.49. The molecule has 0 radical (unpaired) electrons. The summed E-state index contributed by atoms with van der Waals surface area (Å²) in [6.45, 7) is 5.46. The second-order valence-electron chi connectivity index (χ2n) is 3.52. The molecule has 0 saturated carbocycles. The molecule has 0 amide bonds. The van der Waals surface area contributed by atoms with Crippen LogP contribution in [-0.4, -0.2) is 32.4 Å². The van der Waals surface area contributed by atoms with Crippen molar-refractivity contribution in [2.24, 2.45) is 0 Å². The van der Waals surface area contributed by atoms with Crippen LogP contribution in [0.15, 0.2) is 18.2 Å². The monoisotopic (exact) mass is 253 g/mol. The van der Waals surface area contributed by atoms with E-state index in [2.05, 4.69) is 0 Å². The quantitative estimate of drug-likeness (QED) is 0.456. The minimum absolute atomic E-state index is 0.312. The van der Waals surface area contributed by atoms with Gasteiger partial charge in [-0.3, -0.25) is 0 Å². The van der Waals surface area contributed by atoms with Crippen molar-refractivity contribution >= 4 is 11.7 Å². The summed E-state index contributed by atoms with van der Waals surface area (Å²) >= 11 is 0. The van der Waals surface area contributed by atoms with E-state index >= 15 is 0 Å². The maximum Gasteiger partial charge on any atom is 0.341 e. The first kappa shape index (κ1) is 14.3. The summed E-state index contributed by atoms with van der Waals surface area (Å²) in [5, 5.41) is 0. The van der Waals surface area contributed by atoms with Gasteiger partial charge in [0.05, 0.1) is 13.2 Å². The fourth-order valence-corrected chi connectivity index (χ4v) is 1.40. The number of hydrogen-bond donors (Lipinski definition) is 1. The Morgan fingerprint density at radius 2 is 2.00 bits per heavy atom. The van der Waals surface area contributed by atoms with Crippen molar-refractivity contribution < 1.29 is 19.0 Å². The van der Waals surface area contributed by atoms with Gasteiger partial charge < -0.3 is 19.9 Å². The Hall–Kier alpha value is -1.75. The largest absolute Gasteiger partial charge is 0.490 e. The van der Waals surface area contributed by atoms with Gasteiger partial charge in [0.2, 0.25) is 0 Å². The van der Waals surface area contributed by atoms with E-state index in [-0.39, 0.29) is 0 Å². The normalized spacial score (nSPS) is 10.1. The molecule has 0 saturated heterocycles. The Morgan fingerprint density at radius 3 is 2.67 bits per heavy atom. The summed E-state index contributed by atoms with van der Waals surface area (Å²) < 4.78 is 15.6.